The van der Waals surface area contributed by atoms with E-state index < -0.39 is 0 Å². The summed E-state index contributed by atoms with van der Waals surface area (Å²) < 4.78 is 0. The van der Waals surface area contributed by atoms with Crippen LogP contribution in [0.25, 0.3) is 0 Å². The molecule has 0 aromatic carbocycles. The highest BCUT2D eigenvalue weighted by molar-refractivity contribution is 5.55. The van der Waals surface area contributed by atoms with Crippen LogP contribution in [0, 0.1) is 23.2 Å². The first-order valence-corrected chi connectivity index (χ1v) is 4.95. The number of carbonyl (C=O) groups excluding carboxylic acids is 1. The zero-order chi connectivity index (χ0) is 9.35. The Hall–Kier alpha value is -0.330. The predicted molar refractivity (Wildman–Crippen MR) is 50.9 cm³/mol. The maximum absolute atomic E-state index is 10.9. The molecule has 3 unspecified atom stereocenters. The number of rotatable bonds is 1. The molecule has 1 fully saturated rings. The van der Waals surface area contributed by atoms with E-state index in [2.05, 4.69) is 27.7 Å². The van der Waals surface area contributed by atoms with Gasteiger partial charge in [-0.1, -0.05) is 27.7 Å². The van der Waals surface area contributed by atoms with Crippen molar-refractivity contribution < 1.29 is 4.79 Å². The highest BCUT2D eigenvalue weighted by atomic mass is 16.1. The summed E-state index contributed by atoms with van der Waals surface area (Å²) in [6.45, 7) is 8.92. The van der Waals surface area contributed by atoms with Crippen LogP contribution in [-0.2, 0) is 4.79 Å². The van der Waals surface area contributed by atoms with E-state index in [4.69, 9.17) is 0 Å². The Balaban J connectivity index is 2.83. The van der Waals surface area contributed by atoms with Crippen LogP contribution in [0.15, 0.2) is 0 Å². The van der Waals surface area contributed by atoms with Crippen molar-refractivity contribution in [2.24, 2.45) is 23.2 Å². The first kappa shape index (κ1) is 9.76. The third-order valence-corrected chi connectivity index (χ3v) is 3.94. The van der Waals surface area contributed by atoms with Crippen LogP contribution in [0.2, 0.25) is 0 Å². The highest BCUT2D eigenvalue weighted by Gasteiger charge is 2.41. The van der Waals surface area contributed by atoms with Crippen molar-refractivity contribution >= 4 is 6.29 Å². The van der Waals surface area contributed by atoms with Crippen LogP contribution in [0.1, 0.15) is 40.5 Å². The van der Waals surface area contributed by atoms with Crippen molar-refractivity contribution in [2.75, 3.05) is 0 Å². The monoisotopic (exact) mass is 168 g/mol. The molecule has 0 amide bonds. The molecule has 0 bridgehead atoms. The molecule has 1 nitrogen and oxygen atoms in total. The van der Waals surface area contributed by atoms with Crippen molar-refractivity contribution in [2.45, 2.75) is 40.5 Å². The summed E-state index contributed by atoms with van der Waals surface area (Å²) in [5.41, 5.74) is 0.208. The summed E-state index contributed by atoms with van der Waals surface area (Å²) >= 11 is 0. The van der Waals surface area contributed by atoms with E-state index in [0.29, 0.717) is 11.8 Å². The molecule has 0 N–H and O–H groups in total. The zero-order valence-corrected chi connectivity index (χ0v) is 8.63. The molecule has 1 rings (SSSR count). The summed E-state index contributed by atoms with van der Waals surface area (Å²) in [7, 11) is 0. The molecular formula is C11H20O. The molecule has 0 saturated heterocycles. The standard InChI is InChI=1S/C11H20O/c1-8-5-6-9(2)11(3,4)10(8)7-12/h7-10H,5-6H2,1-4H3. The Bertz CT molecular complexity index is 172. The fourth-order valence-electron chi connectivity index (χ4n) is 2.44. The van der Waals surface area contributed by atoms with Crippen molar-refractivity contribution in [3.05, 3.63) is 0 Å². The van der Waals surface area contributed by atoms with E-state index >= 15 is 0 Å². The Kier molecular flexibility index (Phi) is 2.60. The lowest BCUT2D eigenvalue weighted by atomic mass is 9.60. The van der Waals surface area contributed by atoms with E-state index in [1.807, 2.05) is 0 Å². The molecule has 1 saturated carbocycles. The molecule has 0 heterocycles. The summed E-state index contributed by atoms with van der Waals surface area (Å²) in [5.74, 6) is 1.53. The van der Waals surface area contributed by atoms with Crippen molar-refractivity contribution in [1.29, 1.82) is 0 Å². The van der Waals surface area contributed by atoms with Gasteiger partial charge in [-0.3, -0.25) is 0 Å². The van der Waals surface area contributed by atoms with E-state index in [9.17, 15) is 4.79 Å². The molecule has 0 aliphatic heterocycles. The number of carbonyl (C=O) groups is 1. The Morgan fingerprint density at radius 3 is 2.25 bits per heavy atom. The lowest BCUT2D eigenvalue weighted by molar-refractivity contribution is -0.120. The van der Waals surface area contributed by atoms with Gasteiger partial charge in [-0.25, -0.2) is 0 Å². The van der Waals surface area contributed by atoms with Gasteiger partial charge in [-0.05, 0) is 30.1 Å². The fourth-order valence-corrected chi connectivity index (χ4v) is 2.44. The second kappa shape index (κ2) is 3.20. The van der Waals surface area contributed by atoms with Gasteiger partial charge in [0, 0.05) is 5.92 Å². The minimum Gasteiger partial charge on any atom is -0.303 e. The SMILES string of the molecule is CC1CCC(C)C(C)(C)C1C=O. The van der Waals surface area contributed by atoms with Crippen LogP contribution in [0.3, 0.4) is 0 Å². The van der Waals surface area contributed by atoms with E-state index in [1.165, 1.54) is 19.1 Å². The Morgan fingerprint density at radius 2 is 1.83 bits per heavy atom. The van der Waals surface area contributed by atoms with Gasteiger partial charge in [0.15, 0.2) is 0 Å². The summed E-state index contributed by atoms with van der Waals surface area (Å²) in [6.07, 6.45) is 3.66. The lowest BCUT2D eigenvalue weighted by Crippen LogP contribution is -2.40. The van der Waals surface area contributed by atoms with E-state index in [-0.39, 0.29) is 11.3 Å². The van der Waals surface area contributed by atoms with Crippen molar-refractivity contribution in [3.63, 3.8) is 0 Å². The van der Waals surface area contributed by atoms with E-state index in [1.54, 1.807) is 0 Å². The Morgan fingerprint density at radius 1 is 1.25 bits per heavy atom. The van der Waals surface area contributed by atoms with Gasteiger partial charge in [0.2, 0.25) is 0 Å². The van der Waals surface area contributed by atoms with Crippen LogP contribution >= 0.6 is 0 Å². The molecule has 3 atom stereocenters. The third-order valence-electron chi connectivity index (χ3n) is 3.94. The smallest absolute Gasteiger partial charge is 0.123 e. The van der Waals surface area contributed by atoms with Crippen molar-refractivity contribution in [3.8, 4) is 0 Å². The van der Waals surface area contributed by atoms with Gasteiger partial charge in [0.05, 0.1) is 0 Å². The topological polar surface area (TPSA) is 17.1 Å². The molecule has 12 heavy (non-hydrogen) atoms. The number of hydrogen-bond donors (Lipinski definition) is 0. The van der Waals surface area contributed by atoms with Crippen LogP contribution in [-0.4, -0.2) is 6.29 Å². The minimum absolute atomic E-state index is 0.208. The molecule has 0 radical (unpaired) electrons. The zero-order valence-electron chi connectivity index (χ0n) is 8.63. The fraction of sp³-hybridized carbons (Fsp3) is 0.909. The highest BCUT2D eigenvalue weighted by Crippen LogP contribution is 2.46. The first-order valence-electron chi connectivity index (χ1n) is 4.95. The molecule has 1 aliphatic rings. The summed E-state index contributed by atoms with van der Waals surface area (Å²) in [5, 5.41) is 0. The van der Waals surface area contributed by atoms with Gasteiger partial charge in [0.1, 0.15) is 6.29 Å². The van der Waals surface area contributed by atoms with Gasteiger partial charge in [-0.15, -0.1) is 0 Å². The van der Waals surface area contributed by atoms with Crippen LogP contribution < -0.4 is 0 Å². The molecule has 0 aromatic rings. The summed E-state index contributed by atoms with van der Waals surface area (Å²) in [6, 6.07) is 0. The van der Waals surface area contributed by atoms with Gasteiger partial charge >= 0.3 is 0 Å². The lowest BCUT2D eigenvalue weighted by Gasteiger charge is -2.44. The first-order chi connectivity index (χ1) is 5.50. The molecule has 1 aliphatic carbocycles. The van der Waals surface area contributed by atoms with E-state index in [0.717, 1.165) is 0 Å². The largest absolute Gasteiger partial charge is 0.303 e. The van der Waals surface area contributed by atoms with Crippen LogP contribution in [0.5, 0.6) is 0 Å². The molecule has 1 heteroatoms. The van der Waals surface area contributed by atoms with Crippen LogP contribution in [0.4, 0.5) is 0 Å². The molecule has 70 valence electrons. The van der Waals surface area contributed by atoms with Gasteiger partial charge in [-0.2, -0.15) is 0 Å². The second-order valence-electron chi connectivity index (χ2n) is 4.94. The number of aldehydes is 1. The molecular weight excluding hydrogens is 148 g/mol. The van der Waals surface area contributed by atoms with Gasteiger partial charge < -0.3 is 4.79 Å². The average molecular weight is 168 g/mol. The normalized spacial score (nSPS) is 40.8. The quantitative estimate of drug-likeness (QED) is 0.550. The Labute approximate surface area is 75.5 Å². The van der Waals surface area contributed by atoms with Gasteiger partial charge in [0.25, 0.3) is 0 Å². The summed E-state index contributed by atoms with van der Waals surface area (Å²) in [4.78, 5) is 10.9. The number of hydrogen-bond acceptors (Lipinski definition) is 1. The minimum atomic E-state index is 0.208. The average Bonchev–Trinajstić information content (AvgIpc) is 1.98. The molecule has 0 spiro atoms. The predicted octanol–water partition coefficient (Wildman–Crippen LogP) is 2.89. The molecule has 0 aromatic heterocycles. The maximum Gasteiger partial charge on any atom is 0.123 e. The van der Waals surface area contributed by atoms with Crippen molar-refractivity contribution in [1.82, 2.24) is 0 Å². The maximum atomic E-state index is 10.9. The third kappa shape index (κ3) is 1.41. The second-order valence-corrected chi connectivity index (χ2v) is 4.94.